The van der Waals surface area contributed by atoms with Gasteiger partial charge in [-0.3, -0.25) is 0 Å². The van der Waals surface area contributed by atoms with E-state index < -0.39 is 0 Å². The zero-order valence-corrected chi connectivity index (χ0v) is 18.6. The van der Waals surface area contributed by atoms with E-state index in [1.807, 2.05) is 0 Å². The van der Waals surface area contributed by atoms with E-state index in [1.165, 1.54) is 37.7 Å². The second-order valence-corrected chi connectivity index (χ2v) is 10.4. The summed E-state index contributed by atoms with van der Waals surface area (Å²) < 4.78 is 11.7. The summed E-state index contributed by atoms with van der Waals surface area (Å²) in [6.07, 6.45) is 7.96. The van der Waals surface area contributed by atoms with Crippen molar-refractivity contribution in [3.8, 4) is 5.75 Å². The zero-order chi connectivity index (χ0) is 19.9. The third-order valence-electron chi connectivity index (χ3n) is 6.09. The molecule has 1 fully saturated rings. The highest BCUT2D eigenvalue weighted by Gasteiger charge is 2.34. The van der Waals surface area contributed by atoms with E-state index in [-0.39, 0.29) is 0 Å². The van der Waals surface area contributed by atoms with Crippen LogP contribution in [0.3, 0.4) is 0 Å². The molecule has 2 nitrogen and oxygen atoms in total. The van der Waals surface area contributed by atoms with E-state index in [1.54, 1.807) is 0 Å². The average Bonchev–Trinajstić information content (AvgIpc) is 2.60. The van der Waals surface area contributed by atoms with Gasteiger partial charge in [-0.15, -0.1) is 0 Å². The van der Waals surface area contributed by atoms with E-state index in [0.717, 1.165) is 24.7 Å². The van der Waals surface area contributed by atoms with Crippen molar-refractivity contribution in [3.63, 3.8) is 0 Å². The van der Waals surface area contributed by atoms with Gasteiger partial charge in [0.2, 0.25) is 0 Å². The van der Waals surface area contributed by atoms with Gasteiger partial charge in [0.25, 0.3) is 0 Å². The lowest BCUT2D eigenvalue weighted by molar-refractivity contribution is 0.0365. The van der Waals surface area contributed by atoms with Crippen LogP contribution in [0.25, 0.3) is 0 Å². The first kappa shape index (κ1) is 22.3. The highest BCUT2D eigenvalue weighted by Crippen LogP contribution is 2.42. The van der Waals surface area contributed by atoms with Crippen molar-refractivity contribution < 1.29 is 9.47 Å². The summed E-state index contributed by atoms with van der Waals surface area (Å²) in [6.45, 7) is 16.1. The lowest BCUT2D eigenvalue weighted by Crippen LogP contribution is -2.33. The smallest absolute Gasteiger partial charge is 0.119 e. The van der Waals surface area contributed by atoms with Crippen molar-refractivity contribution in [1.82, 2.24) is 0 Å². The van der Waals surface area contributed by atoms with Crippen LogP contribution in [0.2, 0.25) is 0 Å². The average molecular weight is 375 g/mol. The Labute approximate surface area is 168 Å². The van der Waals surface area contributed by atoms with E-state index in [9.17, 15) is 0 Å². The predicted molar refractivity (Wildman–Crippen MR) is 116 cm³/mol. The van der Waals surface area contributed by atoms with Gasteiger partial charge in [0.15, 0.2) is 0 Å². The molecule has 1 aliphatic carbocycles. The molecule has 1 aromatic carbocycles. The monoisotopic (exact) mass is 374 g/mol. The Morgan fingerprint density at radius 1 is 0.815 bits per heavy atom. The van der Waals surface area contributed by atoms with Crippen LogP contribution < -0.4 is 4.74 Å². The third kappa shape index (κ3) is 7.49. The fourth-order valence-corrected chi connectivity index (χ4v) is 4.96. The summed E-state index contributed by atoms with van der Waals surface area (Å²) in [5, 5.41) is 0. The maximum absolute atomic E-state index is 5.87. The van der Waals surface area contributed by atoms with E-state index in [2.05, 4.69) is 65.8 Å². The van der Waals surface area contributed by atoms with Crippen LogP contribution in [0.4, 0.5) is 0 Å². The van der Waals surface area contributed by atoms with Crippen LogP contribution in [-0.2, 0) is 4.74 Å². The van der Waals surface area contributed by atoms with E-state index in [0.29, 0.717) is 30.0 Å². The minimum atomic E-state index is 0.304. The number of rotatable bonds is 8. The predicted octanol–water partition coefficient (Wildman–Crippen LogP) is 7.23. The molecule has 0 atom stereocenters. The minimum Gasteiger partial charge on any atom is -0.491 e. The summed E-state index contributed by atoms with van der Waals surface area (Å²) in [5.41, 5.74) is 2.09. The zero-order valence-electron chi connectivity index (χ0n) is 18.6. The molecule has 1 aromatic rings. The first-order chi connectivity index (χ1) is 12.7. The van der Waals surface area contributed by atoms with Crippen LogP contribution in [0.1, 0.15) is 91.5 Å². The fourth-order valence-electron chi connectivity index (χ4n) is 4.96. The lowest BCUT2D eigenvalue weighted by atomic mass is 9.65. The number of ether oxygens (including phenoxy) is 2. The maximum Gasteiger partial charge on any atom is 0.119 e. The molecule has 0 saturated heterocycles. The molecule has 0 amide bonds. The standard InChI is InChI=1S/C25H42O2/c1-24(2,3)23(25(4,5)6)16-17-26-18-19-27-22-14-12-21(13-15-22)20-10-8-7-9-11-20/h12-15,20,23H,7-11,16-19H2,1-6H3. The van der Waals surface area contributed by atoms with Gasteiger partial charge in [-0.2, -0.15) is 0 Å². The molecule has 2 rings (SSSR count). The van der Waals surface area contributed by atoms with E-state index >= 15 is 0 Å². The summed E-state index contributed by atoms with van der Waals surface area (Å²) in [5.74, 6) is 2.35. The van der Waals surface area contributed by atoms with Gasteiger partial charge in [0.05, 0.1) is 6.61 Å². The molecule has 0 bridgehead atoms. The van der Waals surface area contributed by atoms with Gasteiger partial charge in [0, 0.05) is 6.61 Å². The molecule has 0 radical (unpaired) electrons. The van der Waals surface area contributed by atoms with Crippen molar-refractivity contribution in [1.29, 1.82) is 0 Å². The Hall–Kier alpha value is -1.02. The SMILES string of the molecule is CC(C)(C)C(CCOCCOc1ccc(C2CCCCC2)cc1)C(C)(C)C. The lowest BCUT2D eigenvalue weighted by Gasteiger charge is -2.41. The molecule has 27 heavy (non-hydrogen) atoms. The van der Waals surface area contributed by atoms with Crippen LogP contribution in [0.15, 0.2) is 24.3 Å². The van der Waals surface area contributed by atoms with Gasteiger partial charge in [-0.1, -0.05) is 72.9 Å². The molecule has 154 valence electrons. The van der Waals surface area contributed by atoms with Crippen molar-refractivity contribution in [2.24, 2.45) is 16.7 Å². The van der Waals surface area contributed by atoms with Crippen molar-refractivity contribution >= 4 is 0 Å². The van der Waals surface area contributed by atoms with Gasteiger partial charge in [0.1, 0.15) is 12.4 Å². The molecule has 0 N–H and O–H groups in total. The van der Waals surface area contributed by atoms with Gasteiger partial charge < -0.3 is 9.47 Å². The molecule has 0 heterocycles. The van der Waals surface area contributed by atoms with Crippen molar-refractivity contribution in [3.05, 3.63) is 29.8 Å². The van der Waals surface area contributed by atoms with Gasteiger partial charge >= 0.3 is 0 Å². The van der Waals surface area contributed by atoms with Crippen LogP contribution >= 0.6 is 0 Å². The molecule has 0 aromatic heterocycles. The number of benzene rings is 1. The largest absolute Gasteiger partial charge is 0.491 e. The normalized spacial score (nSPS) is 16.7. The Bertz CT molecular complexity index is 513. The molecule has 0 spiro atoms. The Balaban J connectivity index is 1.66. The highest BCUT2D eigenvalue weighted by atomic mass is 16.5. The second-order valence-electron chi connectivity index (χ2n) is 10.4. The summed E-state index contributed by atoms with van der Waals surface area (Å²) in [7, 11) is 0. The molecule has 1 saturated carbocycles. The Kier molecular flexibility index (Phi) is 8.21. The maximum atomic E-state index is 5.87. The molecule has 2 heteroatoms. The van der Waals surface area contributed by atoms with E-state index in [4.69, 9.17) is 9.47 Å². The summed E-state index contributed by atoms with van der Waals surface area (Å²) in [6, 6.07) is 8.76. The molecule has 0 unspecified atom stereocenters. The van der Waals surface area contributed by atoms with Crippen molar-refractivity contribution in [2.45, 2.75) is 86.0 Å². The Morgan fingerprint density at radius 3 is 1.96 bits per heavy atom. The first-order valence-corrected chi connectivity index (χ1v) is 11.0. The third-order valence-corrected chi connectivity index (χ3v) is 6.09. The first-order valence-electron chi connectivity index (χ1n) is 11.0. The topological polar surface area (TPSA) is 18.5 Å². The quantitative estimate of drug-likeness (QED) is 0.447. The fraction of sp³-hybridized carbons (Fsp3) is 0.760. The Morgan fingerprint density at radius 2 is 1.41 bits per heavy atom. The van der Waals surface area contributed by atoms with Crippen LogP contribution in [0.5, 0.6) is 5.75 Å². The van der Waals surface area contributed by atoms with Crippen LogP contribution in [0, 0.1) is 16.7 Å². The molecule has 1 aliphatic rings. The highest BCUT2D eigenvalue weighted by molar-refractivity contribution is 5.29. The molecule has 0 aliphatic heterocycles. The van der Waals surface area contributed by atoms with Crippen molar-refractivity contribution in [2.75, 3.05) is 19.8 Å². The van der Waals surface area contributed by atoms with Crippen LogP contribution in [-0.4, -0.2) is 19.8 Å². The second kappa shape index (κ2) is 9.96. The minimum absolute atomic E-state index is 0.304. The number of hydrogen-bond donors (Lipinski definition) is 0. The summed E-state index contributed by atoms with van der Waals surface area (Å²) >= 11 is 0. The molecular weight excluding hydrogens is 332 g/mol. The molecular formula is C25H42O2. The van der Waals surface area contributed by atoms with Gasteiger partial charge in [-0.05, 0) is 59.6 Å². The van der Waals surface area contributed by atoms with Gasteiger partial charge in [-0.25, -0.2) is 0 Å². The summed E-state index contributed by atoms with van der Waals surface area (Å²) in [4.78, 5) is 0. The number of hydrogen-bond acceptors (Lipinski definition) is 2.